The Bertz CT molecular complexity index is 700. The van der Waals surface area contributed by atoms with Gasteiger partial charge < -0.3 is 14.9 Å². The van der Waals surface area contributed by atoms with Gasteiger partial charge >= 0.3 is 0 Å². The normalized spacial score (nSPS) is 25.9. The third-order valence-electron chi connectivity index (χ3n) is 5.14. The lowest BCUT2D eigenvalue weighted by Gasteiger charge is -2.34. The standard InChI is InChI=1S/C18H22N4O/c1-21(2)14-5-3-12(4-6-14)16-7-8-19-18(20-16)22-10-13-9-17(23)15(13)11-22/h3-8,13,15,17,23H,9-11H2,1-2H3/t13-,15+,17+/m0/s1. The Balaban J connectivity index is 1.57. The summed E-state index contributed by atoms with van der Waals surface area (Å²) in [6.45, 7) is 1.83. The highest BCUT2D eigenvalue weighted by Gasteiger charge is 2.46. The molecule has 1 aromatic carbocycles. The lowest BCUT2D eigenvalue weighted by molar-refractivity contribution is -0.00398. The molecule has 5 heteroatoms. The van der Waals surface area contributed by atoms with Crippen LogP contribution in [0.3, 0.4) is 0 Å². The number of hydrogen-bond acceptors (Lipinski definition) is 5. The molecule has 1 N–H and O–H groups in total. The molecular weight excluding hydrogens is 288 g/mol. The molecule has 3 atom stereocenters. The van der Waals surface area contributed by atoms with Crippen LogP contribution in [0.1, 0.15) is 6.42 Å². The Morgan fingerprint density at radius 1 is 1.13 bits per heavy atom. The maximum atomic E-state index is 9.81. The van der Waals surface area contributed by atoms with Gasteiger partial charge in [-0.1, -0.05) is 12.1 Å². The van der Waals surface area contributed by atoms with E-state index >= 15 is 0 Å². The first-order chi connectivity index (χ1) is 11.1. The fourth-order valence-electron chi connectivity index (χ4n) is 3.63. The molecule has 1 aromatic heterocycles. The van der Waals surface area contributed by atoms with E-state index in [-0.39, 0.29) is 6.10 Å². The SMILES string of the molecule is CN(C)c1ccc(-c2ccnc(N3C[C@@H]4C[C@@H](O)[C@@H]4C3)n2)cc1. The fourth-order valence-corrected chi connectivity index (χ4v) is 3.63. The van der Waals surface area contributed by atoms with Gasteiger partial charge in [0.25, 0.3) is 0 Å². The summed E-state index contributed by atoms with van der Waals surface area (Å²) in [5.74, 6) is 1.79. The number of nitrogens with zero attached hydrogens (tertiary/aromatic N) is 4. The lowest BCUT2D eigenvalue weighted by atomic mass is 9.74. The molecule has 0 radical (unpaired) electrons. The van der Waals surface area contributed by atoms with Crippen LogP contribution in [0, 0.1) is 11.8 Å². The van der Waals surface area contributed by atoms with Gasteiger partial charge in [0.05, 0.1) is 11.8 Å². The predicted octanol–water partition coefficient (Wildman–Crippen LogP) is 2.03. The van der Waals surface area contributed by atoms with E-state index in [0.29, 0.717) is 11.8 Å². The largest absolute Gasteiger partial charge is 0.393 e. The minimum Gasteiger partial charge on any atom is -0.393 e. The van der Waals surface area contributed by atoms with Gasteiger partial charge in [-0.05, 0) is 30.5 Å². The second-order valence-electron chi connectivity index (χ2n) is 6.82. The van der Waals surface area contributed by atoms with Crippen LogP contribution in [0.2, 0.25) is 0 Å². The zero-order chi connectivity index (χ0) is 16.0. The molecule has 23 heavy (non-hydrogen) atoms. The second kappa shape index (κ2) is 5.49. The third-order valence-corrected chi connectivity index (χ3v) is 5.14. The van der Waals surface area contributed by atoms with E-state index in [1.165, 1.54) is 5.69 Å². The van der Waals surface area contributed by atoms with E-state index in [1.54, 1.807) is 0 Å². The van der Waals surface area contributed by atoms with Crippen molar-refractivity contribution >= 4 is 11.6 Å². The number of anilines is 2. The molecular formula is C18H22N4O. The summed E-state index contributed by atoms with van der Waals surface area (Å²) >= 11 is 0. The van der Waals surface area contributed by atoms with Gasteiger partial charge in [0, 0.05) is 50.6 Å². The van der Waals surface area contributed by atoms with Crippen LogP contribution < -0.4 is 9.80 Å². The molecule has 2 fully saturated rings. The van der Waals surface area contributed by atoms with Crippen LogP contribution in [0.5, 0.6) is 0 Å². The van der Waals surface area contributed by atoms with Crippen LogP contribution in [-0.4, -0.2) is 48.4 Å². The summed E-state index contributed by atoms with van der Waals surface area (Å²) in [6.07, 6.45) is 2.62. The zero-order valence-corrected chi connectivity index (χ0v) is 13.6. The number of fused-ring (bicyclic) bond motifs is 1. The molecule has 0 amide bonds. The van der Waals surface area contributed by atoms with Crippen molar-refractivity contribution in [3.05, 3.63) is 36.5 Å². The van der Waals surface area contributed by atoms with Gasteiger partial charge in [0.15, 0.2) is 0 Å². The second-order valence-corrected chi connectivity index (χ2v) is 6.82. The van der Waals surface area contributed by atoms with Gasteiger partial charge in [0.1, 0.15) is 0 Å². The van der Waals surface area contributed by atoms with E-state index < -0.39 is 0 Å². The average Bonchev–Trinajstić information content (AvgIpc) is 2.92. The van der Waals surface area contributed by atoms with E-state index in [2.05, 4.69) is 39.0 Å². The molecule has 1 saturated heterocycles. The number of aliphatic hydroxyl groups excluding tert-OH is 1. The highest BCUT2D eigenvalue weighted by Crippen LogP contribution is 2.41. The summed E-state index contributed by atoms with van der Waals surface area (Å²) in [5, 5.41) is 9.81. The molecule has 120 valence electrons. The minimum atomic E-state index is -0.133. The number of aromatic nitrogens is 2. The number of rotatable bonds is 3. The topological polar surface area (TPSA) is 52.5 Å². The van der Waals surface area contributed by atoms with Gasteiger partial charge in [-0.25, -0.2) is 9.97 Å². The maximum Gasteiger partial charge on any atom is 0.225 e. The number of hydrogen-bond donors (Lipinski definition) is 1. The van der Waals surface area contributed by atoms with Crippen molar-refractivity contribution < 1.29 is 5.11 Å². The van der Waals surface area contributed by atoms with Crippen molar-refractivity contribution in [2.75, 3.05) is 37.0 Å². The van der Waals surface area contributed by atoms with Crippen LogP contribution in [0.15, 0.2) is 36.5 Å². The highest BCUT2D eigenvalue weighted by molar-refractivity contribution is 5.63. The monoisotopic (exact) mass is 310 g/mol. The van der Waals surface area contributed by atoms with E-state index in [4.69, 9.17) is 4.98 Å². The average molecular weight is 310 g/mol. The quantitative estimate of drug-likeness (QED) is 0.940. The molecule has 0 spiro atoms. The summed E-state index contributed by atoms with van der Waals surface area (Å²) < 4.78 is 0. The van der Waals surface area contributed by atoms with Gasteiger partial charge in [0.2, 0.25) is 5.95 Å². The summed E-state index contributed by atoms with van der Waals surface area (Å²) in [7, 11) is 4.07. The molecule has 4 rings (SSSR count). The number of aliphatic hydroxyl groups is 1. The van der Waals surface area contributed by atoms with Crippen molar-refractivity contribution in [3.63, 3.8) is 0 Å². The van der Waals surface area contributed by atoms with Crippen molar-refractivity contribution in [1.29, 1.82) is 0 Å². The molecule has 1 saturated carbocycles. The molecule has 0 bridgehead atoms. The van der Waals surface area contributed by atoms with E-state index in [0.717, 1.165) is 36.7 Å². The first-order valence-corrected chi connectivity index (χ1v) is 8.15. The molecule has 2 aliphatic rings. The zero-order valence-electron chi connectivity index (χ0n) is 13.6. The van der Waals surface area contributed by atoms with Crippen molar-refractivity contribution in [1.82, 2.24) is 9.97 Å². The van der Waals surface area contributed by atoms with Crippen molar-refractivity contribution in [2.45, 2.75) is 12.5 Å². The highest BCUT2D eigenvalue weighted by atomic mass is 16.3. The van der Waals surface area contributed by atoms with Crippen molar-refractivity contribution in [3.8, 4) is 11.3 Å². The molecule has 2 heterocycles. The Morgan fingerprint density at radius 3 is 2.57 bits per heavy atom. The minimum absolute atomic E-state index is 0.133. The molecule has 1 aliphatic heterocycles. The Morgan fingerprint density at radius 2 is 1.91 bits per heavy atom. The molecule has 0 unspecified atom stereocenters. The third kappa shape index (κ3) is 2.55. The van der Waals surface area contributed by atoms with Crippen LogP contribution >= 0.6 is 0 Å². The summed E-state index contributed by atoms with van der Waals surface area (Å²) in [5.41, 5.74) is 3.22. The van der Waals surface area contributed by atoms with Crippen molar-refractivity contribution in [2.24, 2.45) is 11.8 Å². The van der Waals surface area contributed by atoms with Crippen LogP contribution in [0.25, 0.3) is 11.3 Å². The lowest BCUT2D eigenvalue weighted by Crippen LogP contribution is -2.39. The molecule has 5 nitrogen and oxygen atoms in total. The van der Waals surface area contributed by atoms with E-state index in [1.807, 2.05) is 26.4 Å². The van der Waals surface area contributed by atoms with Crippen LogP contribution in [-0.2, 0) is 0 Å². The summed E-state index contributed by atoms with van der Waals surface area (Å²) in [6, 6.07) is 10.3. The van der Waals surface area contributed by atoms with Gasteiger partial charge in [-0.3, -0.25) is 0 Å². The summed E-state index contributed by atoms with van der Waals surface area (Å²) in [4.78, 5) is 13.5. The first-order valence-electron chi connectivity index (χ1n) is 8.15. The Kier molecular flexibility index (Phi) is 3.45. The predicted molar refractivity (Wildman–Crippen MR) is 91.6 cm³/mol. The van der Waals surface area contributed by atoms with Gasteiger partial charge in [-0.15, -0.1) is 0 Å². The molecule has 2 aromatic rings. The Labute approximate surface area is 136 Å². The van der Waals surface area contributed by atoms with Gasteiger partial charge in [-0.2, -0.15) is 0 Å². The fraction of sp³-hybridized carbons (Fsp3) is 0.444. The maximum absolute atomic E-state index is 9.81. The number of benzene rings is 1. The molecule has 1 aliphatic carbocycles. The van der Waals surface area contributed by atoms with E-state index in [9.17, 15) is 5.11 Å². The Hall–Kier alpha value is -2.14. The first kappa shape index (κ1) is 14.5. The van der Waals surface area contributed by atoms with Crippen LogP contribution in [0.4, 0.5) is 11.6 Å². The smallest absolute Gasteiger partial charge is 0.225 e.